The highest BCUT2D eigenvalue weighted by molar-refractivity contribution is 6.12. The van der Waals surface area contributed by atoms with Crippen molar-refractivity contribution in [2.75, 3.05) is 6.54 Å². The van der Waals surface area contributed by atoms with Crippen LogP contribution in [0.3, 0.4) is 0 Å². The zero-order chi connectivity index (χ0) is 12.0. The molecule has 3 heteroatoms. The van der Waals surface area contributed by atoms with Gasteiger partial charge in [0.1, 0.15) is 0 Å². The molecule has 0 spiro atoms. The molecule has 2 aliphatic carbocycles. The quantitative estimate of drug-likeness (QED) is 0.549. The lowest BCUT2D eigenvalue weighted by Crippen LogP contribution is -2.41. The van der Waals surface area contributed by atoms with Gasteiger partial charge in [0.25, 0.3) is 11.8 Å². The van der Waals surface area contributed by atoms with Crippen molar-refractivity contribution in [3.63, 3.8) is 0 Å². The predicted molar refractivity (Wildman–Crippen MR) is 63.9 cm³/mol. The molecular weight excluding hydrogens is 214 g/mol. The number of hydrogen-bond acceptors (Lipinski definition) is 2. The Bertz CT molecular complexity index is 420. The van der Waals surface area contributed by atoms with Crippen LogP contribution in [-0.4, -0.2) is 23.3 Å². The number of amides is 2. The Morgan fingerprint density at radius 1 is 1.35 bits per heavy atom. The van der Waals surface area contributed by atoms with E-state index in [2.05, 4.69) is 19.1 Å². The molecule has 0 saturated heterocycles. The van der Waals surface area contributed by atoms with Crippen LogP contribution in [0, 0.1) is 17.3 Å². The third kappa shape index (κ3) is 1.48. The van der Waals surface area contributed by atoms with Gasteiger partial charge in [0.2, 0.25) is 0 Å². The molecule has 17 heavy (non-hydrogen) atoms. The van der Waals surface area contributed by atoms with E-state index in [1.807, 2.05) is 0 Å². The summed E-state index contributed by atoms with van der Waals surface area (Å²) < 4.78 is 0. The maximum Gasteiger partial charge on any atom is 0.253 e. The number of nitrogens with zero attached hydrogens (tertiary/aromatic N) is 1. The maximum absolute atomic E-state index is 11.6. The van der Waals surface area contributed by atoms with Crippen LogP contribution in [0.5, 0.6) is 0 Å². The number of imide groups is 1. The van der Waals surface area contributed by atoms with E-state index in [9.17, 15) is 9.59 Å². The molecule has 3 unspecified atom stereocenters. The number of hydrogen-bond donors (Lipinski definition) is 0. The van der Waals surface area contributed by atoms with Gasteiger partial charge in [-0.1, -0.05) is 25.5 Å². The Morgan fingerprint density at radius 2 is 2.06 bits per heavy atom. The van der Waals surface area contributed by atoms with E-state index in [1.165, 1.54) is 23.5 Å². The fourth-order valence-electron chi connectivity index (χ4n) is 3.72. The summed E-state index contributed by atoms with van der Waals surface area (Å²) in [5.74, 6) is 0.991. The fourth-order valence-corrected chi connectivity index (χ4v) is 3.72. The van der Waals surface area contributed by atoms with Crippen LogP contribution in [0.25, 0.3) is 0 Å². The number of carbonyl (C=O) groups excluding carboxylic acids is 2. The second-order valence-corrected chi connectivity index (χ2v) is 5.49. The normalized spacial score (nSPS) is 38.8. The van der Waals surface area contributed by atoms with Crippen LogP contribution < -0.4 is 0 Å². The van der Waals surface area contributed by atoms with E-state index in [0.29, 0.717) is 18.4 Å². The van der Waals surface area contributed by atoms with Crippen LogP contribution in [0.1, 0.15) is 26.2 Å². The number of carbonyl (C=O) groups is 2. The summed E-state index contributed by atoms with van der Waals surface area (Å²) in [5, 5.41) is 0. The topological polar surface area (TPSA) is 37.4 Å². The Balaban J connectivity index is 1.83. The molecule has 1 saturated carbocycles. The summed E-state index contributed by atoms with van der Waals surface area (Å²) in [5.41, 5.74) is 0.0662. The van der Waals surface area contributed by atoms with Gasteiger partial charge >= 0.3 is 0 Å². The minimum atomic E-state index is -0.150. The highest BCUT2D eigenvalue weighted by Gasteiger charge is 2.49. The minimum absolute atomic E-state index is 0.0662. The number of fused-ring (bicyclic) bond motifs is 2. The van der Waals surface area contributed by atoms with E-state index in [4.69, 9.17) is 0 Å². The molecule has 0 N–H and O–H groups in total. The molecule has 0 aromatic rings. The largest absolute Gasteiger partial charge is 0.275 e. The predicted octanol–water partition coefficient (Wildman–Crippen LogP) is 1.90. The average Bonchev–Trinajstić information content (AvgIpc) is 2.97. The van der Waals surface area contributed by atoms with E-state index in [0.717, 1.165) is 12.8 Å². The Hall–Kier alpha value is -1.38. The van der Waals surface area contributed by atoms with Gasteiger partial charge in [-0.05, 0) is 24.7 Å². The van der Waals surface area contributed by atoms with Gasteiger partial charge in [0.15, 0.2) is 0 Å². The second kappa shape index (κ2) is 3.56. The summed E-state index contributed by atoms with van der Waals surface area (Å²) in [6.07, 6.45) is 10.7. The van der Waals surface area contributed by atoms with Gasteiger partial charge in [0, 0.05) is 24.1 Å². The van der Waals surface area contributed by atoms with Gasteiger partial charge in [0.05, 0.1) is 0 Å². The smallest absolute Gasteiger partial charge is 0.253 e. The standard InChI is InChI=1S/C14H17NO2/c1-2-11-7-10-5-6-14(11,8-10)9-15-12(16)3-4-13(15)17/h3-6,10-11H,2,7-9H2,1H3. The first-order chi connectivity index (χ1) is 8.14. The van der Waals surface area contributed by atoms with Crippen LogP contribution in [0.2, 0.25) is 0 Å². The van der Waals surface area contributed by atoms with Crippen molar-refractivity contribution in [2.24, 2.45) is 17.3 Å². The van der Waals surface area contributed by atoms with Crippen LogP contribution >= 0.6 is 0 Å². The van der Waals surface area contributed by atoms with E-state index in [-0.39, 0.29) is 17.2 Å². The highest BCUT2D eigenvalue weighted by atomic mass is 16.2. The molecule has 90 valence electrons. The SMILES string of the molecule is CCC1CC2C=CC1(CN1C(=O)C=CC1=O)C2. The monoisotopic (exact) mass is 231 g/mol. The molecule has 1 heterocycles. The van der Waals surface area contributed by atoms with Gasteiger partial charge in [-0.25, -0.2) is 0 Å². The number of allylic oxidation sites excluding steroid dienone is 1. The van der Waals surface area contributed by atoms with Crippen molar-refractivity contribution in [1.82, 2.24) is 4.90 Å². The lowest BCUT2D eigenvalue weighted by atomic mass is 9.76. The number of rotatable bonds is 3. The molecule has 3 aliphatic rings. The van der Waals surface area contributed by atoms with Gasteiger partial charge in [-0.3, -0.25) is 14.5 Å². The van der Waals surface area contributed by atoms with Crippen molar-refractivity contribution in [2.45, 2.75) is 26.2 Å². The first-order valence-electron chi connectivity index (χ1n) is 6.37. The van der Waals surface area contributed by atoms with Crippen LogP contribution in [0.15, 0.2) is 24.3 Å². The third-order valence-electron chi connectivity index (χ3n) is 4.59. The van der Waals surface area contributed by atoms with Crippen molar-refractivity contribution in [1.29, 1.82) is 0 Å². The van der Waals surface area contributed by atoms with Gasteiger partial charge < -0.3 is 0 Å². The molecule has 2 amide bonds. The molecule has 1 aliphatic heterocycles. The Labute approximate surface area is 101 Å². The first kappa shape index (κ1) is 10.8. The molecule has 0 radical (unpaired) electrons. The second-order valence-electron chi connectivity index (χ2n) is 5.49. The van der Waals surface area contributed by atoms with E-state index in [1.54, 1.807) is 0 Å². The molecule has 3 nitrogen and oxygen atoms in total. The maximum atomic E-state index is 11.6. The summed E-state index contributed by atoms with van der Waals surface area (Å²) in [4.78, 5) is 24.7. The summed E-state index contributed by atoms with van der Waals surface area (Å²) in [6.45, 7) is 2.77. The van der Waals surface area contributed by atoms with Crippen LogP contribution in [0.4, 0.5) is 0 Å². The van der Waals surface area contributed by atoms with E-state index >= 15 is 0 Å². The van der Waals surface area contributed by atoms with E-state index < -0.39 is 0 Å². The lowest BCUT2D eigenvalue weighted by Gasteiger charge is -2.34. The van der Waals surface area contributed by atoms with Crippen molar-refractivity contribution >= 4 is 11.8 Å². The Morgan fingerprint density at radius 3 is 2.65 bits per heavy atom. The fraction of sp³-hybridized carbons (Fsp3) is 0.571. The molecular formula is C14H17NO2. The average molecular weight is 231 g/mol. The zero-order valence-corrected chi connectivity index (χ0v) is 10.1. The van der Waals surface area contributed by atoms with Crippen LogP contribution in [-0.2, 0) is 9.59 Å². The molecule has 3 rings (SSSR count). The first-order valence-corrected chi connectivity index (χ1v) is 6.37. The lowest BCUT2D eigenvalue weighted by molar-refractivity contribution is -0.138. The van der Waals surface area contributed by atoms with Gasteiger partial charge in [-0.2, -0.15) is 0 Å². The Kier molecular flexibility index (Phi) is 2.25. The minimum Gasteiger partial charge on any atom is -0.275 e. The summed E-state index contributed by atoms with van der Waals surface area (Å²) in [6, 6.07) is 0. The van der Waals surface area contributed by atoms with Gasteiger partial charge in [-0.15, -0.1) is 0 Å². The zero-order valence-electron chi connectivity index (χ0n) is 10.1. The molecule has 3 atom stereocenters. The van der Waals surface area contributed by atoms with Crippen molar-refractivity contribution in [3.8, 4) is 0 Å². The molecule has 1 fully saturated rings. The van der Waals surface area contributed by atoms with Crippen molar-refractivity contribution in [3.05, 3.63) is 24.3 Å². The summed E-state index contributed by atoms with van der Waals surface area (Å²) in [7, 11) is 0. The third-order valence-corrected chi connectivity index (χ3v) is 4.59. The highest BCUT2D eigenvalue weighted by Crippen LogP contribution is 2.54. The van der Waals surface area contributed by atoms with Crippen molar-refractivity contribution < 1.29 is 9.59 Å². The molecule has 0 aromatic carbocycles. The summed E-state index contributed by atoms with van der Waals surface area (Å²) >= 11 is 0. The molecule has 2 bridgehead atoms. The molecule has 0 aromatic heterocycles.